The van der Waals surface area contributed by atoms with Gasteiger partial charge in [-0.3, -0.25) is 4.98 Å². The minimum absolute atomic E-state index is 0.331. The zero-order valence-corrected chi connectivity index (χ0v) is 15.8. The van der Waals surface area contributed by atoms with Gasteiger partial charge in [-0.1, -0.05) is 42.5 Å². The molecule has 3 rings (SSSR count). The number of carbonyl (C=O) groups excluding carboxylic acids is 1. The summed E-state index contributed by atoms with van der Waals surface area (Å²) in [5.41, 5.74) is 4.73. The summed E-state index contributed by atoms with van der Waals surface area (Å²) >= 11 is 0. The van der Waals surface area contributed by atoms with Gasteiger partial charge in [-0.15, -0.1) is 0 Å². The first-order chi connectivity index (χ1) is 13.7. The monoisotopic (exact) mass is 376 g/mol. The van der Waals surface area contributed by atoms with Crippen molar-refractivity contribution in [1.82, 2.24) is 10.3 Å². The largest absolute Gasteiger partial charge is 0.465 e. The minimum atomic E-state index is -0.552. The molecule has 0 amide bonds. The highest BCUT2D eigenvalue weighted by atomic mass is 16.5. The first kappa shape index (κ1) is 19.7. The highest BCUT2D eigenvalue weighted by Gasteiger charge is 2.07. The van der Waals surface area contributed by atoms with Gasteiger partial charge in [-0.05, 0) is 47.9 Å². The van der Waals surface area contributed by atoms with E-state index in [0.717, 1.165) is 29.7 Å². The summed E-state index contributed by atoms with van der Waals surface area (Å²) < 4.78 is 4.72. The molecule has 0 aliphatic rings. The third kappa shape index (κ3) is 5.25. The lowest BCUT2D eigenvalue weighted by molar-refractivity contribution is 0.0600. The molecule has 2 aromatic carbocycles. The molecule has 0 radical (unpaired) electrons. The van der Waals surface area contributed by atoms with E-state index in [-0.39, 0.29) is 5.97 Å². The highest BCUT2D eigenvalue weighted by Crippen LogP contribution is 2.21. The fraction of sp³-hybridized carbons (Fsp3) is 0.217. The number of ether oxygens (including phenoxy) is 1. The first-order valence-corrected chi connectivity index (χ1v) is 9.24. The van der Waals surface area contributed by atoms with Gasteiger partial charge in [0.2, 0.25) is 0 Å². The molecule has 0 saturated carbocycles. The van der Waals surface area contributed by atoms with Crippen LogP contribution < -0.4 is 5.32 Å². The highest BCUT2D eigenvalue weighted by molar-refractivity contribution is 5.89. The Morgan fingerprint density at radius 3 is 2.36 bits per heavy atom. The summed E-state index contributed by atoms with van der Waals surface area (Å²) in [6.07, 6.45) is 3.70. The van der Waals surface area contributed by atoms with Gasteiger partial charge in [0, 0.05) is 24.5 Å². The van der Waals surface area contributed by atoms with Crippen molar-refractivity contribution in [2.75, 3.05) is 20.2 Å². The molecule has 0 spiro atoms. The van der Waals surface area contributed by atoms with Crippen LogP contribution in [0.5, 0.6) is 0 Å². The van der Waals surface area contributed by atoms with Crippen LogP contribution in [0.25, 0.3) is 11.1 Å². The Hall–Kier alpha value is -3.02. The van der Waals surface area contributed by atoms with Crippen molar-refractivity contribution in [2.45, 2.75) is 12.5 Å². The molecule has 0 aliphatic heterocycles. The van der Waals surface area contributed by atoms with Crippen LogP contribution in [0, 0.1) is 0 Å². The fourth-order valence-corrected chi connectivity index (χ4v) is 2.94. The van der Waals surface area contributed by atoms with E-state index < -0.39 is 6.10 Å². The molecule has 5 heteroatoms. The van der Waals surface area contributed by atoms with Crippen molar-refractivity contribution in [3.05, 3.63) is 89.7 Å². The van der Waals surface area contributed by atoms with Crippen molar-refractivity contribution >= 4 is 5.97 Å². The summed E-state index contributed by atoms with van der Waals surface area (Å²) in [5, 5.41) is 13.4. The van der Waals surface area contributed by atoms with Crippen LogP contribution in [0.1, 0.15) is 27.6 Å². The number of hydrogen-bond acceptors (Lipinski definition) is 5. The molecule has 2 N–H and O–H groups in total. The number of aromatic nitrogens is 1. The van der Waals surface area contributed by atoms with Gasteiger partial charge in [-0.2, -0.15) is 0 Å². The molecule has 3 aromatic rings. The van der Waals surface area contributed by atoms with Crippen molar-refractivity contribution in [2.24, 2.45) is 0 Å². The molecule has 0 aliphatic carbocycles. The quantitative estimate of drug-likeness (QED) is 0.466. The van der Waals surface area contributed by atoms with Crippen molar-refractivity contribution in [3.63, 3.8) is 0 Å². The molecule has 144 valence electrons. The summed E-state index contributed by atoms with van der Waals surface area (Å²) in [4.78, 5) is 15.5. The number of hydrogen-bond donors (Lipinski definition) is 2. The molecule has 1 aromatic heterocycles. The fourth-order valence-electron chi connectivity index (χ4n) is 2.94. The Morgan fingerprint density at radius 1 is 1.07 bits per heavy atom. The van der Waals surface area contributed by atoms with Crippen molar-refractivity contribution in [3.8, 4) is 11.1 Å². The molecule has 0 saturated heterocycles. The van der Waals surface area contributed by atoms with Gasteiger partial charge in [-0.25, -0.2) is 4.79 Å². The van der Waals surface area contributed by atoms with Crippen LogP contribution in [0.15, 0.2) is 73.1 Å². The van der Waals surface area contributed by atoms with E-state index in [1.54, 1.807) is 24.5 Å². The van der Waals surface area contributed by atoms with Gasteiger partial charge >= 0.3 is 5.97 Å². The SMILES string of the molecule is COC(=O)c1ccc(-c2ccc(CCNC[C@H](O)c3cccnc3)cc2)cc1. The Balaban J connectivity index is 1.48. The Bertz CT molecular complexity index is 878. The molecule has 5 nitrogen and oxygen atoms in total. The van der Waals surface area contributed by atoms with Gasteiger partial charge < -0.3 is 15.2 Å². The zero-order valence-electron chi connectivity index (χ0n) is 15.8. The predicted octanol–water partition coefficient (Wildman–Crippen LogP) is 3.40. The van der Waals surface area contributed by atoms with E-state index in [1.165, 1.54) is 12.7 Å². The normalized spacial score (nSPS) is 11.8. The summed E-state index contributed by atoms with van der Waals surface area (Å²) in [6.45, 7) is 1.28. The zero-order chi connectivity index (χ0) is 19.8. The Morgan fingerprint density at radius 2 is 1.75 bits per heavy atom. The molecule has 0 bridgehead atoms. The number of benzene rings is 2. The second-order valence-electron chi connectivity index (χ2n) is 6.52. The lowest BCUT2D eigenvalue weighted by atomic mass is 10.0. The molecular weight excluding hydrogens is 352 g/mol. The number of pyridine rings is 1. The van der Waals surface area contributed by atoms with Gasteiger partial charge in [0.25, 0.3) is 0 Å². The van der Waals surface area contributed by atoms with Gasteiger partial charge in [0.15, 0.2) is 0 Å². The van der Waals surface area contributed by atoms with E-state index in [1.807, 2.05) is 24.3 Å². The van der Waals surface area contributed by atoms with Crippen LogP contribution in [0.3, 0.4) is 0 Å². The smallest absolute Gasteiger partial charge is 0.337 e. The van der Waals surface area contributed by atoms with Crippen LogP contribution in [0.2, 0.25) is 0 Å². The predicted molar refractivity (Wildman–Crippen MR) is 109 cm³/mol. The second-order valence-corrected chi connectivity index (χ2v) is 6.52. The number of methoxy groups -OCH3 is 1. The first-order valence-electron chi connectivity index (χ1n) is 9.24. The molecular formula is C23H24N2O3. The third-order valence-corrected chi connectivity index (χ3v) is 4.59. The van der Waals surface area contributed by atoms with Gasteiger partial charge in [0.1, 0.15) is 0 Å². The third-order valence-electron chi connectivity index (χ3n) is 4.59. The standard InChI is InChI=1S/C23H24N2O3/c1-28-23(27)20-10-8-19(9-11-20)18-6-4-17(5-7-18)12-14-25-16-22(26)21-3-2-13-24-15-21/h2-11,13,15,22,25-26H,12,14,16H2,1H3/t22-/m0/s1. The van der Waals surface area contributed by atoms with E-state index in [4.69, 9.17) is 4.74 Å². The average molecular weight is 376 g/mol. The molecule has 1 atom stereocenters. The summed E-state index contributed by atoms with van der Waals surface area (Å²) in [6, 6.07) is 19.4. The molecule has 0 unspecified atom stereocenters. The minimum Gasteiger partial charge on any atom is -0.465 e. The van der Waals surface area contributed by atoms with Crippen molar-refractivity contribution in [1.29, 1.82) is 0 Å². The number of aliphatic hydroxyl groups is 1. The lowest BCUT2D eigenvalue weighted by Gasteiger charge is -2.12. The Labute approximate surface area is 165 Å². The van der Waals surface area contributed by atoms with Crippen molar-refractivity contribution < 1.29 is 14.6 Å². The van der Waals surface area contributed by atoms with E-state index >= 15 is 0 Å². The van der Waals surface area contributed by atoms with E-state index in [2.05, 4.69) is 34.6 Å². The maximum atomic E-state index is 11.5. The van der Waals surface area contributed by atoms with E-state index in [0.29, 0.717) is 12.1 Å². The number of carbonyl (C=O) groups is 1. The maximum absolute atomic E-state index is 11.5. The van der Waals surface area contributed by atoms with Crippen LogP contribution in [-0.2, 0) is 11.2 Å². The number of rotatable bonds is 8. The molecule has 0 fully saturated rings. The molecule has 28 heavy (non-hydrogen) atoms. The summed E-state index contributed by atoms with van der Waals surface area (Å²) in [7, 11) is 1.38. The maximum Gasteiger partial charge on any atom is 0.337 e. The summed E-state index contributed by atoms with van der Waals surface area (Å²) in [5.74, 6) is -0.331. The Kier molecular flexibility index (Phi) is 6.89. The van der Waals surface area contributed by atoms with Crippen LogP contribution >= 0.6 is 0 Å². The van der Waals surface area contributed by atoms with E-state index in [9.17, 15) is 9.90 Å². The van der Waals surface area contributed by atoms with Crippen LogP contribution in [0.4, 0.5) is 0 Å². The number of aliphatic hydroxyl groups excluding tert-OH is 1. The topological polar surface area (TPSA) is 71.5 Å². The number of esters is 1. The number of nitrogens with one attached hydrogen (secondary N) is 1. The van der Waals surface area contributed by atoms with Gasteiger partial charge in [0.05, 0.1) is 18.8 Å². The van der Waals surface area contributed by atoms with Crippen LogP contribution in [-0.4, -0.2) is 36.3 Å². The second kappa shape index (κ2) is 9.78. The molecule has 1 heterocycles. The number of nitrogens with zero attached hydrogens (tertiary/aromatic N) is 1. The average Bonchev–Trinajstić information content (AvgIpc) is 2.77. The lowest BCUT2D eigenvalue weighted by Crippen LogP contribution is -2.23.